The van der Waals surface area contributed by atoms with Gasteiger partial charge in [-0.2, -0.15) is 0 Å². The third-order valence-electron chi connectivity index (χ3n) is 4.86. The van der Waals surface area contributed by atoms with E-state index in [-0.39, 0.29) is 12.5 Å². The van der Waals surface area contributed by atoms with Crippen LogP contribution >= 0.6 is 15.9 Å². The summed E-state index contributed by atoms with van der Waals surface area (Å²) in [6, 6.07) is 16.9. The second kappa shape index (κ2) is 8.10. The number of para-hydroxylation sites is 1. The Kier molecular flexibility index (Phi) is 5.39. The molecule has 0 radical (unpaired) electrons. The number of esters is 1. The van der Waals surface area contributed by atoms with Crippen LogP contribution in [0.5, 0.6) is 0 Å². The summed E-state index contributed by atoms with van der Waals surface area (Å²) >= 11 is 3.43. The number of nitrogens with zero attached hydrogens (tertiary/aromatic N) is 2. The van der Waals surface area contributed by atoms with Crippen molar-refractivity contribution in [1.29, 1.82) is 0 Å². The smallest absolute Gasteiger partial charge is 0.339 e. The minimum absolute atomic E-state index is 0.141. The molecular formula is C22H19BrN2O3. The molecule has 28 heavy (non-hydrogen) atoms. The number of carbonyl (C=O) groups is 2. The van der Waals surface area contributed by atoms with Crippen LogP contribution in [0.25, 0.3) is 22.2 Å². The Morgan fingerprint density at radius 1 is 1.04 bits per heavy atom. The fraction of sp³-hybridized carbons (Fsp3) is 0.227. The third kappa shape index (κ3) is 3.92. The number of likely N-dealkylation sites (tertiary alicyclic amines) is 1. The maximum absolute atomic E-state index is 12.8. The first-order valence-corrected chi connectivity index (χ1v) is 10.0. The van der Waals surface area contributed by atoms with Gasteiger partial charge < -0.3 is 9.64 Å². The van der Waals surface area contributed by atoms with Gasteiger partial charge in [0, 0.05) is 28.5 Å². The van der Waals surface area contributed by atoms with E-state index in [1.165, 1.54) is 0 Å². The minimum Gasteiger partial charge on any atom is -0.452 e. The average Bonchev–Trinajstić information content (AvgIpc) is 3.26. The molecule has 5 nitrogen and oxygen atoms in total. The first-order valence-electron chi connectivity index (χ1n) is 9.22. The zero-order valence-corrected chi connectivity index (χ0v) is 16.8. The van der Waals surface area contributed by atoms with Crippen molar-refractivity contribution in [1.82, 2.24) is 9.88 Å². The summed E-state index contributed by atoms with van der Waals surface area (Å²) < 4.78 is 6.32. The van der Waals surface area contributed by atoms with E-state index in [9.17, 15) is 9.59 Å². The van der Waals surface area contributed by atoms with Gasteiger partial charge in [0.1, 0.15) is 0 Å². The molecule has 0 spiro atoms. The number of hydrogen-bond acceptors (Lipinski definition) is 4. The number of pyridine rings is 1. The normalized spacial score (nSPS) is 13.7. The van der Waals surface area contributed by atoms with E-state index in [0.717, 1.165) is 36.0 Å². The maximum Gasteiger partial charge on any atom is 0.339 e. The quantitative estimate of drug-likeness (QED) is 0.564. The molecule has 0 unspecified atom stereocenters. The summed E-state index contributed by atoms with van der Waals surface area (Å²) in [5, 5.41) is 0.710. The van der Waals surface area contributed by atoms with Gasteiger partial charge in [0.15, 0.2) is 6.61 Å². The van der Waals surface area contributed by atoms with Crippen molar-refractivity contribution in [2.24, 2.45) is 0 Å². The largest absolute Gasteiger partial charge is 0.452 e. The minimum atomic E-state index is -0.510. The van der Waals surface area contributed by atoms with Crippen LogP contribution < -0.4 is 0 Å². The van der Waals surface area contributed by atoms with Crippen LogP contribution in [0.15, 0.2) is 59.1 Å². The van der Waals surface area contributed by atoms with Crippen molar-refractivity contribution >= 4 is 38.7 Å². The van der Waals surface area contributed by atoms with E-state index in [4.69, 9.17) is 4.74 Å². The summed E-state index contributed by atoms with van der Waals surface area (Å²) in [7, 11) is 0. The number of rotatable bonds is 4. The molecule has 1 aliphatic rings. The Hall–Kier alpha value is -2.73. The van der Waals surface area contributed by atoms with Gasteiger partial charge in [-0.1, -0.05) is 46.3 Å². The Labute approximate surface area is 171 Å². The predicted octanol–water partition coefficient (Wildman–Crippen LogP) is 4.44. The fourth-order valence-electron chi connectivity index (χ4n) is 3.38. The zero-order chi connectivity index (χ0) is 19.5. The molecule has 1 fully saturated rings. The Morgan fingerprint density at radius 2 is 1.75 bits per heavy atom. The lowest BCUT2D eigenvalue weighted by atomic mass is 10.0. The molecule has 142 valence electrons. The molecule has 2 heterocycles. The van der Waals surface area contributed by atoms with Gasteiger partial charge in [-0.15, -0.1) is 0 Å². The van der Waals surface area contributed by atoms with Crippen LogP contribution in [0.4, 0.5) is 0 Å². The highest BCUT2D eigenvalue weighted by atomic mass is 79.9. The molecule has 1 aromatic heterocycles. The summed E-state index contributed by atoms with van der Waals surface area (Å²) in [5.74, 6) is -0.651. The van der Waals surface area contributed by atoms with Crippen LogP contribution in [-0.2, 0) is 9.53 Å². The monoisotopic (exact) mass is 438 g/mol. The van der Waals surface area contributed by atoms with Gasteiger partial charge in [-0.3, -0.25) is 4.79 Å². The Balaban J connectivity index is 1.63. The highest BCUT2D eigenvalue weighted by Gasteiger charge is 2.21. The SMILES string of the molecule is O=C(OCC(=O)N1CCCC1)c1cc(-c2ccc(Br)cc2)nc2ccccc12. The van der Waals surface area contributed by atoms with Gasteiger partial charge in [0.2, 0.25) is 0 Å². The van der Waals surface area contributed by atoms with Crippen molar-refractivity contribution in [3.8, 4) is 11.3 Å². The predicted molar refractivity (Wildman–Crippen MR) is 111 cm³/mol. The van der Waals surface area contributed by atoms with E-state index in [2.05, 4.69) is 20.9 Å². The molecule has 0 atom stereocenters. The average molecular weight is 439 g/mol. The Morgan fingerprint density at radius 3 is 2.50 bits per heavy atom. The van der Waals surface area contributed by atoms with E-state index in [0.29, 0.717) is 22.2 Å². The summed E-state index contributed by atoms with van der Waals surface area (Å²) in [5.41, 5.74) is 2.71. The van der Waals surface area contributed by atoms with Crippen LogP contribution in [0, 0.1) is 0 Å². The highest BCUT2D eigenvalue weighted by molar-refractivity contribution is 9.10. The van der Waals surface area contributed by atoms with Crippen LogP contribution in [0.2, 0.25) is 0 Å². The van der Waals surface area contributed by atoms with E-state index in [1.54, 1.807) is 11.0 Å². The van der Waals surface area contributed by atoms with Crippen molar-refractivity contribution in [3.05, 3.63) is 64.6 Å². The molecule has 0 aliphatic carbocycles. The number of hydrogen-bond donors (Lipinski definition) is 0. The molecule has 0 bridgehead atoms. The maximum atomic E-state index is 12.8. The first kappa shape index (κ1) is 18.6. The van der Waals surface area contributed by atoms with Gasteiger partial charge in [0.25, 0.3) is 5.91 Å². The lowest BCUT2D eigenvalue weighted by Gasteiger charge is -2.15. The molecule has 0 N–H and O–H groups in total. The summed E-state index contributed by atoms with van der Waals surface area (Å²) in [4.78, 5) is 31.4. The van der Waals surface area contributed by atoms with Gasteiger partial charge in [-0.25, -0.2) is 9.78 Å². The molecule has 1 amide bonds. The van der Waals surface area contributed by atoms with Crippen molar-refractivity contribution < 1.29 is 14.3 Å². The number of aromatic nitrogens is 1. The van der Waals surface area contributed by atoms with E-state index >= 15 is 0 Å². The lowest BCUT2D eigenvalue weighted by molar-refractivity contribution is -0.133. The first-order chi connectivity index (χ1) is 13.6. The highest BCUT2D eigenvalue weighted by Crippen LogP contribution is 2.26. The fourth-order valence-corrected chi connectivity index (χ4v) is 3.64. The molecule has 2 aromatic carbocycles. The van der Waals surface area contributed by atoms with Gasteiger partial charge in [0.05, 0.1) is 16.8 Å². The van der Waals surface area contributed by atoms with E-state index < -0.39 is 5.97 Å². The molecule has 4 rings (SSSR count). The molecular weight excluding hydrogens is 420 g/mol. The van der Waals surface area contributed by atoms with Crippen molar-refractivity contribution in [2.75, 3.05) is 19.7 Å². The number of benzene rings is 2. The number of fused-ring (bicyclic) bond motifs is 1. The summed E-state index contributed by atoms with van der Waals surface area (Å²) in [6.45, 7) is 1.24. The molecule has 0 saturated carbocycles. The van der Waals surface area contributed by atoms with Crippen LogP contribution in [0.3, 0.4) is 0 Å². The van der Waals surface area contributed by atoms with E-state index in [1.807, 2.05) is 48.5 Å². The standard InChI is InChI=1S/C22H19BrN2O3/c23-16-9-7-15(8-10-16)20-13-18(17-5-1-2-6-19(17)24-20)22(27)28-14-21(26)25-11-3-4-12-25/h1-2,5-10,13H,3-4,11-12,14H2. The molecule has 6 heteroatoms. The van der Waals surface area contributed by atoms with Crippen molar-refractivity contribution in [2.45, 2.75) is 12.8 Å². The lowest BCUT2D eigenvalue weighted by Crippen LogP contribution is -2.32. The number of amides is 1. The Bertz CT molecular complexity index is 1030. The molecule has 3 aromatic rings. The van der Waals surface area contributed by atoms with Gasteiger partial charge in [-0.05, 0) is 37.1 Å². The number of halogens is 1. The second-order valence-electron chi connectivity index (χ2n) is 6.74. The van der Waals surface area contributed by atoms with Crippen molar-refractivity contribution in [3.63, 3.8) is 0 Å². The van der Waals surface area contributed by atoms with Gasteiger partial charge >= 0.3 is 5.97 Å². The van der Waals surface area contributed by atoms with Crippen LogP contribution in [-0.4, -0.2) is 41.5 Å². The number of ether oxygens (including phenoxy) is 1. The zero-order valence-electron chi connectivity index (χ0n) is 15.2. The van der Waals surface area contributed by atoms with Crippen LogP contribution in [0.1, 0.15) is 23.2 Å². The summed E-state index contributed by atoms with van der Waals surface area (Å²) in [6.07, 6.45) is 2.01. The molecule has 1 saturated heterocycles. The number of carbonyl (C=O) groups excluding carboxylic acids is 2. The second-order valence-corrected chi connectivity index (χ2v) is 7.66. The third-order valence-corrected chi connectivity index (χ3v) is 5.39. The topological polar surface area (TPSA) is 59.5 Å². The molecule has 1 aliphatic heterocycles.